The third kappa shape index (κ3) is 2.69. The highest BCUT2D eigenvalue weighted by molar-refractivity contribution is 5.89. The van der Waals surface area contributed by atoms with Crippen molar-refractivity contribution < 1.29 is 4.79 Å². The smallest absolute Gasteiger partial charge is 0.322 e. The summed E-state index contributed by atoms with van der Waals surface area (Å²) in [5.41, 5.74) is 0.603. The monoisotopic (exact) mass is 289 g/mol. The highest BCUT2D eigenvalue weighted by Crippen LogP contribution is 2.43. The molecule has 1 aromatic heterocycles. The van der Waals surface area contributed by atoms with Crippen LogP contribution in [-0.4, -0.2) is 28.6 Å². The van der Waals surface area contributed by atoms with Crippen molar-refractivity contribution in [2.75, 3.05) is 18.4 Å². The second-order valence-corrected chi connectivity index (χ2v) is 6.36. The fourth-order valence-electron chi connectivity index (χ4n) is 3.60. The zero-order chi connectivity index (χ0) is 14.9. The molecule has 1 aromatic rings. The molecule has 0 aromatic carbocycles. The Morgan fingerprint density at radius 1 is 1.29 bits per heavy atom. The number of aromatic nitrogens is 1. The fourth-order valence-corrected chi connectivity index (χ4v) is 3.60. The van der Waals surface area contributed by atoms with Crippen LogP contribution in [0.4, 0.5) is 10.5 Å². The van der Waals surface area contributed by atoms with E-state index in [1.54, 1.807) is 22.9 Å². The Bertz CT molecular complexity index is 579. The van der Waals surface area contributed by atoms with Gasteiger partial charge in [-0.1, -0.05) is 19.3 Å². The lowest BCUT2D eigenvalue weighted by Gasteiger charge is -2.52. The maximum atomic E-state index is 12.2. The minimum absolute atomic E-state index is 0.138. The van der Waals surface area contributed by atoms with Gasteiger partial charge in [0, 0.05) is 31.2 Å². The van der Waals surface area contributed by atoms with Gasteiger partial charge in [0.2, 0.25) is 0 Å². The van der Waals surface area contributed by atoms with Gasteiger partial charge in [0.25, 0.3) is 5.56 Å². The van der Waals surface area contributed by atoms with Crippen molar-refractivity contribution in [3.8, 4) is 0 Å². The summed E-state index contributed by atoms with van der Waals surface area (Å²) in [4.78, 5) is 26.2. The van der Waals surface area contributed by atoms with Gasteiger partial charge >= 0.3 is 6.03 Å². The van der Waals surface area contributed by atoms with Crippen LogP contribution in [0.25, 0.3) is 0 Å². The molecule has 2 fully saturated rings. The van der Waals surface area contributed by atoms with Gasteiger partial charge in [-0.3, -0.25) is 4.79 Å². The van der Waals surface area contributed by atoms with Crippen LogP contribution in [-0.2, 0) is 6.54 Å². The number of likely N-dealkylation sites (tertiary alicyclic amines) is 1. The van der Waals surface area contributed by atoms with Crippen molar-refractivity contribution in [2.45, 2.75) is 45.6 Å². The van der Waals surface area contributed by atoms with E-state index in [4.69, 9.17) is 0 Å². The number of urea groups is 1. The molecule has 5 heteroatoms. The van der Waals surface area contributed by atoms with Gasteiger partial charge in [0.05, 0.1) is 0 Å². The lowest BCUT2D eigenvalue weighted by atomic mass is 9.69. The van der Waals surface area contributed by atoms with Crippen LogP contribution in [0.15, 0.2) is 23.1 Å². The lowest BCUT2D eigenvalue weighted by molar-refractivity contribution is 0.00514. The number of pyridine rings is 1. The molecule has 0 unspecified atom stereocenters. The van der Waals surface area contributed by atoms with E-state index in [0.29, 0.717) is 17.6 Å². The summed E-state index contributed by atoms with van der Waals surface area (Å²) in [6.45, 7) is 4.20. The Morgan fingerprint density at radius 3 is 2.67 bits per heavy atom. The summed E-state index contributed by atoms with van der Waals surface area (Å²) in [6.07, 6.45) is 8.12. The van der Waals surface area contributed by atoms with Crippen molar-refractivity contribution in [2.24, 2.45) is 5.41 Å². The van der Waals surface area contributed by atoms with Crippen molar-refractivity contribution in [3.05, 3.63) is 28.7 Å². The molecule has 2 heterocycles. The minimum Gasteiger partial charge on any atom is -0.323 e. The first-order chi connectivity index (χ1) is 10.1. The van der Waals surface area contributed by atoms with Crippen molar-refractivity contribution in [1.29, 1.82) is 0 Å². The molecule has 0 bridgehead atoms. The predicted molar refractivity (Wildman–Crippen MR) is 82.5 cm³/mol. The van der Waals surface area contributed by atoms with Crippen LogP contribution in [0.5, 0.6) is 0 Å². The van der Waals surface area contributed by atoms with E-state index >= 15 is 0 Å². The fraction of sp³-hybridized carbons (Fsp3) is 0.625. The van der Waals surface area contributed by atoms with Gasteiger partial charge in [0.15, 0.2) is 0 Å². The number of amides is 2. The number of rotatable bonds is 2. The number of hydrogen-bond donors (Lipinski definition) is 1. The molecule has 1 saturated carbocycles. The van der Waals surface area contributed by atoms with Gasteiger partial charge in [-0.25, -0.2) is 4.79 Å². The van der Waals surface area contributed by atoms with E-state index in [2.05, 4.69) is 5.32 Å². The van der Waals surface area contributed by atoms with Gasteiger partial charge in [-0.15, -0.1) is 0 Å². The Morgan fingerprint density at radius 2 is 2.00 bits per heavy atom. The molecule has 3 rings (SSSR count). The number of carbonyl (C=O) groups excluding carboxylic acids is 1. The first-order valence-electron chi connectivity index (χ1n) is 7.89. The van der Waals surface area contributed by atoms with Crippen LogP contribution in [0.2, 0.25) is 0 Å². The molecule has 1 aliphatic carbocycles. The summed E-state index contributed by atoms with van der Waals surface area (Å²) >= 11 is 0. The molecular formula is C16H23N3O2. The van der Waals surface area contributed by atoms with Crippen LogP contribution in [0.3, 0.4) is 0 Å². The minimum atomic E-state index is -0.142. The summed E-state index contributed by atoms with van der Waals surface area (Å²) in [5, 5.41) is 2.76. The summed E-state index contributed by atoms with van der Waals surface area (Å²) in [5.74, 6) is 0. The number of anilines is 1. The molecule has 1 spiro atoms. The Labute approximate surface area is 124 Å². The number of aryl methyl sites for hydroxylation is 1. The second kappa shape index (κ2) is 5.54. The van der Waals surface area contributed by atoms with Gasteiger partial charge in [-0.2, -0.15) is 0 Å². The van der Waals surface area contributed by atoms with E-state index in [1.165, 1.54) is 32.1 Å². The van der Waals surface area contributed by atoms with Crippen LogP contribution in [0.1, 0.15) is 39.0 Å². The summed E-state index contributed by atoms with van der Waals surface area (Å²) in [7, 11) is 0. The Balaban J connectivity index is 1.62. The van der Waals surface area contributed by atoms with Gasteiger partial charge in [-0.05, 0) is 31.9 Å². The molecule has 0 radical (unpaired) electrons. The van der Waals surface area contributed by atoms with Crippen LogP contribution in [0, 0.1) is 5.41 Å². The maximum Gasteiger partial charge on any atom is 0.322 e. The van der Waals surface area contributed by atoms with Crippen molar-refractivity contribution in [1.82, 2.24) is 9.47 Å². The number of nitrogens with zero attached hydrogens (tertiary/aromatic N) is 2. The number of hydrogen-bond acceptors (Lipinski definition) is 2. The zero-order valence-corrected chi connectivity index (χ0v) is 12.6. The summed E-state index contributed by atoms with van der Waals surface area (Å²) in [6, 6.07) is 3.32. The quantitative estimate of drug-likeness (QED) is 0.910. The molecule has 2 aliphatic rings. The predicted octanol–water partition coefficient (Wildman–Crippen LogP) is 2.67. The Hall–Kier alpha value is -1.78. The Kier molecular flexibility index (Phi) is 3.74. The normalized spacial score (nSPS) is 20.1. The van der Waals surface area contributed by atoms with E-state index < -0.39 is 0 Å². The van der Waals surface area contributed by atoms with E-state index in [9.17, 15) is 9.59 Å². The third-order valence-electron chi connectivity index (χ3n) is 4.86. The van der Waals surface area contributed by atoms with Crippen molar-refractivity contribution in [3.63, 3.8) is 0 Å². The largest absolute Gasteiger partial charge is 0.323 e. The van der Waals surface area contributed by atoms with E-state index in [0.717, 1.165) is 13.1 Å². The van der Waals surface area contributed by atoms with Crippen LogP contribution >= 0.6 is 0 Å². The lowest BCUT2D eigenvalue weighted by Crippen LogP contribution is -2.60. The van der Waals surface area contributed by atoms with Gasteiger partial charge < -0.3 is 14.8 Å². The zero-order valence-electron chi connectivity index (χ0n) is 12.6. The summed E-state index contributed by atoms with van der Waals surface area (Å²) < 4.78 is 1.59. The standard InChI is InChI=1S/C16H23N3O2/c1-2-18-10-6-7-13(14(18)20)17-15(21)19-11-16(12-19)8-4-3-5-9-16/h6-7,10H,2-5,8-9,11-12H2,1H3,(H,17,21). The maximum absolute atomic E-state index is 12.2. The molecule has 1 aliphatic heterocycles. The first kappa shape index (κ1) is 14.2. The SMILES string of the molecule is CCn1cccc(NC(=O)N2CC3(CCCCC3)C2)c1=O. The van der Waals surface area contributed by atoms with E-state index in [1.807, 2.05) is 11.8 Å². The topological polar surface area (TPSA) is 54.3 Å². The molecule has 2 amide bonds. The van der Waals surface area contributed by atoms with Gasteiger partial charge in [0.1, 0.15) is 5.69 Å². The highest BCUT2D eigenvalue weighted by atomic mass is 16.2. The van der Waals surface area contributed by atoms with Crippen molar-refractivity contribution >= 4 is 11.7 Å². The number of carbonyl (C=O) groups is 1. The first-order valence-corrected chi connectivity index (χ1v) is 7.89. The molecule has 21 heavy (non-hydrogen) atoms. The molecule has 1 N–H and O–H groups in total. The molecular weight excluding hydrogens is 266 g/mol. The molecule has 1 saturated heterocycles. The van der Waals surface area contributed by atoms with E-state index in [-0.39, 0.29) is 11.6 Å². The second-order valence-electron chi connectivity index (χ2n) is 6.36. The number of nitrogens with one attached hydrogen (secondary N) is 1. The molecule has 114 valence electrons. The van der Waals surface area contributed by atoms with Crippen LogP contribution < -0.4 is 10.9 Å². The highest BCUT2D eigenvalue weighted by Gasteiger charge is 2.45. The average molecular weight is 289 g/mol. The third-order valence-corrected chi connectivity index (χ3v) is 4.86. The molecule has 0 atom stereocenters. The average Bonchev–Trinajstić information content (AvgIpc) is 2.47. The molecule has 5 nitrogen and oxygen atoms in total.